The Bertz CT molecular complexity index is 390. The molecule has 0 aliphatic carbocycles. The molecular weight excluding hydrogens is 238 g/mol. The zero-order valence-electron chi connectivity index (χ0n) is 12.2. The Morgan fingerprint density at radius 3 is 2.68 bits per heavy atom. The van der Waals surface area contributed by atoms with Crippen molar-refractivity contribution in [3.8, 4) is 11.5 Å². The molecule has 1 aromatic rings. The van der Waals surface area contributed by atoms with E-state index in [0.29, 0.717) is 6.04 Å². The van der Waals surface area contributed by atoms with Crippen LogP contribution in [-0.4, -0.2) is 20.8 Å². The Kier molecular flexibility index (Phi) is 7.04. The smallest absolute Gasteiger partial charge is 0.127 e. The van der Waals surface area contributed by atoms with Crippen molar-refractivity contribution in [3.63, 3.8) is 0 Å². The first kappa shape index (κ1) is 15.6. The zero-order valence-corrected chi connectivity index (χ0v) is 12.2. The summed E-state index contributed by atoms with van der Waals surface area (Å²) in [5.74, 6) is 1.69. The van der Waals surface area contributed by atoms with Crippen molar-refractivity contribution < 1.29 is 9.47 Å². The third-order valence-corrected chi connectivity index (χ3v) is 3.12. The van der Waals surface area contributed by atoms with Gasteiger partial charge in [-0.05, 0) is 31.9 Å². The van der Waals surface area contributed by atoms with Gasteiger partial charge in [-0.15, -0.1) is 6.58 Å². The molecule has 0 spiro atoms. The van der Waals surface area contributed by atoms with E-state index in [-0.39, 0.29) is 0 Å². The van der Waals surface area contributed by atoms with E-state index >= 15 is 0 Å². The number of ether oxygens (including phenoxy) is 2. The lowest BCUT2D eigenvalue weighted by Crippen LogP contribution is -2.22. The topological polar surface area (TPSA) is 30.5 Å². The molecule has 0 amide bonds. The van der Waals surface area contributed by atoms with E-state index in [2.05, 4.69) is 24.9 Å². The van der Waals surface area contributed by atoms with E-state index in [1.165, 1.54) is 5.56 Å². The van der Waals surface area contributed by atoms with E-state index in [0.717, 1.165) is 37.3 Å². The summed E-state index contributed by atoms with van der Waals surface area (Å²) in [5.41, 5.74) is 1.18. The summed E-state index contributed by atoms with van der Waals surface area (Å²) in [7, 11) is 3.36. The molecule has 1 atom stereocenters. The largest absolute Gasteiger partial charge is 0.497 e. The first-order valence-corrected chi connectivity index (χ1v) is 6.83. The van der Waals surface area contributed by atoms with Gasteiger partial charge in [0.1, 0.15) is 11.5 Å². The van der Waals surface area contributed by atoms with E-state index in [1.807, 2.05) is 18.2 Å². The number of hydrogen-bond acceptors (Lipinski definition) is 3. The second-order valence-corrected chi connectivity index (χ2v) is 4.48. The minimum atomic E-state index is 0.291. The Morgan fingerprint density at radius 2 is 2.11 bits per heavy atom. The summed E-state index contributed by atoms with van der Waals surface area (Å²) >= 11 is 0. The van der Waals surface area contributed by atoms with Gasteiger partial charge >= 0.3 is 0 Å². The standard InChI is InChI=1S/C16H25NO2/c1-5-7-8-15(17-11-6-2)14-10-9-13(18-3)12-16(14)19-4/h5,9-10,12,15,17H,1,6-8,11H2,2-4H3. The molecule has 3 nitrogen and oxygen atoms in total. The molecule has 1 rings (SSSR count). The highest BCUT2D eigenvalue weighted by molar-refractivity contribution is 5.42. The molecule has 0 saturated heterocycles. The van der Waals surface area contributed by atoms with Crippen LogP contribution in [0.15, 0.2) is 30.9 Å². The normalized spacial score (nSPS) is 11.9. The van der Waals surface area contributed by atoms with Gasteiger partial charge in [-0.2, -0.15) is 0 Å². The van der Waals surface area contributed by atoms with Crippen LogP contribution in [0.5, 0.6) is 11.5 Å². The fourth-order valence-electron chi connectivity index (χ4n) is 2.08. The number of hydrogen-bond donors (Lipinski definition) is 1. The van der Waals surface area contributed by atoms with E-state index in [1.54, 1.807) is 14.2 Å². The summed E-state index contributed by atoms with van der Waals surface area (Å²) in [6.07, 6.45) is 5.07. The van der Waals surface area contributed by atoms with E-state index in [4.69, 9.17) is 9.47 Å². The molecule has 0 fully saturated rings. The lowest BCUT2D eigenvalue weighted by molar-refractivity contribution is 0.381. The van der Waals surface area contributed by atoms with Crippen molar-refractivity contribution in [2.24, 2.45) is 0 Å². The maximum Gasteiger partial charge on any atom is 0.127 e. The van der Waals surface area contributed by atoms with Crippen LogP contribution in [0.4, 0.5) is 0 Å². The molecule has 0 radical (unpaired) electrons. The van der Waals surface area contributed by atoms with Crippen LogP contribution < -0.4 is 14.8 Å². The van der Waals surface area contributed by atoms with Crippen LogP contribution in [0.1, 0.15) is 37.8 Å². The Balaban J connectivity index is 2.94. The third-order valence-electron chi connectivity index (χ3n) is 3.12. The van der Waals surface area contributed by atoms with E-state index in [9.17, 15) is 0 Å². The predicted octanol–water partition coefficient (Wildman–Crippen LogP) is 3.71. The molecule has 0 saturated carbocycles. The molecule has 1 N–H and O–H groups in total. The molecule has 19 heavy (non-hydrogen) atoms. The molecule has 0 aromatic heterocycles. The van der Waals surface area contributed by atoms with E-state index < -0.39 is 0 Å². The average Bonchev–Trinajstić information content (AvgIpc) is 2.47. The van der Waals surface area contributed by atoms with Gasteiger partial charge in [-0.3, -0.25) is 0 Å². The second kappa shape index (κ2) is 8.59. The van der Waals surface area contributed by atoms with Crippen LogP contribution >= 0.6 is 0 Å². The van der Waals surface area contributed by atoms with Gasteiger partial charge < -0.3 is 14.8 Å². The first-order chi connectivity index (χ1) is 9.26. The van der Waals surface area contributed by atoms with Crippen LogP contribution in [0.2, 0.25) is 0 Å². The molecule has 0 aliphatic rings. The first-order valence-electron chi connectivity index (χ1n) is 6.83. The van der Waals surface area contributed by atoms with Crippen molar-refractivity contribution in [3.05, 3.63) is 36.4 Å². The molecule has 3 heteroatoms. The highest BCUT2D eigenvalue weighted by atomic mass is 16.5. The molecule has 1 aromatic carbocycles. The highest BCUT2D eigenvalue weighted by Crippen LogP contribution is 2.31. The van der Waals surface area contributed by atoms with Crippen LogP contribution in [0.3, 0.4) is 0 Å². The quantitative estimate of drug-likeness (QED) is 0.689. The van der Waals surface area contributed by atoms with Gasteiger partial charge in [-0.1, -0.05) is 19.1 Å². The Hall–Kier alpha value is -1.48. The summed E-state index contributed by atoms with van der Waals surface area (Å²) in [5, 5.41) is 3.56. The molecule has 0 aliphatic heterocycles. The summed E-state index contributed by atoms with van der Waals surface area (Å²) in [6.45, 7) is 6.96. The van der Waals surface area contributed by atoms with Crippen molar-refractivity contribution in [1.82, 2.24) is 5.32 Å². The average molecular weight is 263 g/mol. The maximum absolute atomic E-state index is 5.48. The lowest BCUT2D eigenvalue weighted by atomic mass is 10.0. The van der Waals surface area contributed by atoms with Crippen molar-refractivity contribution >= 4 is 0 Å². The van der Waals surface area contributed by atoms with Gasteiger partial charge in [-0.25, -0.2) is 0 Å². The molecule has 1 unspecified atom stereocenters. The number of methoxy groups -OCH3 is 2. The molecule has 0 bridgehead atoms. The molecule has 0 heterocycles. The van der Waals surface area contributed by atoms with Crippen LogP contribution in [-0.2, 0) is 0 Å². The maximum atomic E-state index is 5.48. The van der Waals surface area contributed by atoms with Gasteiger partial charge in [0.15, 0.2) is 0 Å². The van der Waals surface area contributed by atoms with Crippen molar-refractivity contribution in [2.75, 3.05) is 20.8 Å². The lowest BCUT2D eigenvalue weighted by Gasteiger charge is -2.21. The fraction of sp³-hybridized carbons (Fsp3) is 0.500. The SMILES string of the molecule is C=CCCC(NCCC)c1ccc(OC)cc1OC. The van der Waals surface area contributed by atoms with Gasteiger partial charge in [0, 0.05) is 17.7 Å². The number of rotatable bonds is 9. The molecule has 106 valence electrons. The van der Waals surface area contributed by atoms with Gasteiger partial charge in [0.2, 0.25) is 0 Å². The second-order valence-electron chi connectivity index (χ2n) is 4.48. The highest BCUT2D eigenvalue weighted by Gasteiger charge is 2.15. The predicted molar refractivity (Wildman–Crippen MR) is 80.0 cm³/mol. The van der Waals surface area contributed by atoms with Gasteiger partial charge in [0.25, 0.3) is 0 Å². The van der Waals surface area contributed by atoms with Crippen molar-refractivity contribution in [1.29, 1.82) is 0 Å². The zero-order chi connectivity index (χ0) is 14.1. The molecular formula is C16H25NO2. The third kappa shape index (κ3) is 4.60. The monoisotopic (exact) mass is 263 g/mol. The Morgan fingerprint density at radius 1 is 1.32 bits per heavy atom. The summed E-state index contributed by atoms with van der Waals surface area (Å²) in [4.78, 5) is 0. The summed E-state index contributed by atoms with van der Waals surface area (Å²) in [6, 6.07) is 6.28. The number of benzene rings is 1. The minimum absolute atomic E-state index is 0.291. The van der Waals surface area contributed by atoms with Gasteiger partial charge in [0.05, 0.1) is 14.2 Å². The van der Waals surface area contributed by atoms with Crippen LogP contribution in [0, 0.1) is 0 Å². The number of nitrogens with one attached hydrogen (secondary N) is 1. The number of allylic oxidation sites excluding steroid dienone is 1. The fourth-order valence-corrected chi connectivity index (χ4v) is 2.08. The van der Waals surface area contributed by atoms with Crippen LogP contribution in [0.25, 0.3) is 0 Å². The summed E-state index contributed by atoms with van der Waals surface area (Å²) < 4.78 is 10.7. The van der Waals surface area contributed by atoms with Crippen molar-refractivity contribution in [2.45, 2.75) is 32.2 Å². The minimum Gasteiger partial charge on any atom is -0.497 e. The Labute approximate surface area is 116 Å².